The Labute approximate surface area is 131 Å². The Morgan fingerprint density at radius 1 is 1.30 bits per heavy atom. The molecule has 0 fully saturated rings. The topological polar surface area (TPSA) is 88.7 Å². The molecule has 128 valence electrons. The van der Waals surface area contributed by atoms with Gasteiger partial charge in [0.1, 0.15) is 5.75 Å². The molecule has 0 aliphatic heterocycles. The summed E-state index contributed by atoms with van der Waals surface area (Å²) in [5.74, 6) is -0.415. The van der Waals surface area contributed by atoms with E-state index in [1.54, 1.807) is 13.8 Å². The molecule has 0 atom stereocenters. The summed E-state index contributed by atoms with van der Waals surface area (Å²) in [4.78, 5) is 15.3. The minimum absolute atomic E-state index is 0.0769. The standard InChI is InChI=1S/C14H19F3N4O2/c1-9(2)12(22)19-7-8-20-13(18)21-10-3-5-11(6-4-10)23-14(15,16)17/h3-6,9H,7-8H2,1-2H3,(H,19,22)(H3,18,20,21). The molecule has 4 N–H and O–H groups in total. The second-order valence-electron chi connectivity index (χ2n) is 4.91. The maximum atomic E-state index is 12.0. The van der Waals surface area contributed by atoms with Gasteiger partial charge in [-0.1, -0.05) is 13.8 Å². The first-order valence-corrected chi connectivity index (χ1v) is 6.88. The Morgan fingerprint density at radius 3 is 2.43 bits per heavy atom. The van der Waals surface area contributed by atoms with Crippen molar-refractivity contribution in [3.05, 3.63) is 24.3 Å². The Bertz CT molecular complexity index is 542. The average molecular weight is 332 g/mol. The van der Waals surface area contributed by atoms with E-state index in [-0.39, 0.29) is 30.1 Å². The normalized spacial score (nSPS) is 12.2. The van der Waals surface area contributed by atoms with Gasteiger partial charge in [0.2, 0.25) is 5.91 Å². The number of nitrogens with two attached hydrogens (primary N) is 1. The highest BCUT2D eigenvalue weighted by molar-refractivity contribution is 5.92. The summed E-state index contributed by atoms with van der Waals surface area (Å²) in [5, 5.41) is 5.40. The number of carbonyl (C=O) groups is 1. The molecule has 0 aliphatic rings. The van der Waals surface area contributed by atoms with Gasteiger partial charge in [0.15, 0.2) is 5.96 Å². The Kier molecular flexibility index (Phi) is 6.67. The number of alkyl halides is 3. The molecule has 0 spiro atoms. The number of hydrogen-bond donors (Lipinski definition) is 3. The maximum Gasteiger partial charge on any atom is 0.573 e. The van der Waals surface area contributed by atoms with E-state index in [1.807, 2.05) is 0 Å². The summed E-state index contributed by atoms with van der Waals surface area (Å²) in [7, 11) is 0. The molecule has 1 amide bonds. The number of nitrogens with zero attached hydrogens (tertiary/aromatic N) is 1. The molecule has 6 nitrogen and oxygen atoms in total. The molecule has 0 bridgehead atoms. The molecular formula is C14H19F3N4O2. The third-order valence-corrected chi connectivity index (χ3v) is 2.58. The predicted octanol–water partition coefficient (Wildman–Crippen LogP) is 2.08. The average Bonchev–Trinajstić information content (AvgIpc) is 2.43. The number of halogens is 3. The zero-order valence-corrected chi connectivity index (χ0v) is 12.8. The molecule has 0 aliphatic carbocycles. The van der Waals surface area contributed by atoms with Gasteiger partial charge in [-0.2, -0.15) is 0 Å². The van der Waals surface area contributed by atoms with Gasteiger partial charge in [-0.3, -0.25) is 9.79 Å². The molecule has 0 unspecified atom stereocenters. The Balaban J connectivity index is 2.43. The van der Waals surface area contributed by atoms with Gasteiger partial charge in [-0.15, -0.1) is 13.2 Å². The van der Waals surface area contributed by atoms with Crippen LogP contribution in [0.15, 0.2) is 29.3 Å². The maximum absolute atomic E-state index is 12.0. The van der Waals surface area contributed by atoms with Crippen LogP contribution in [0, 0.1) is 5.92 Å². The van der Waals surface area contributed by atoms with E-state index >= 15 is 0 Å². The molecule has 1 aromatic rings. The number of benzene rings is 1. The van der Waals surface area contributed by atoms with Crippen LogP contribution < -0.4 is 21.1 Å². The summed E-state index contributed by atoms with van der Waals surface area (Å²) in [6.45, 7) is 4.19. The van der Waals surface area contributed by atoms with E-state index < -0.39 is 6.36 Å². The Morgan fingerprint density at radius 2 is 1.91 bits per heavy atom. The zero-order chi connectivity index (χ0) is 17.5. The van der Waals surface area contributed by atoms with Crippen molar-refractivity contribution in [2.24, 2.45) is 16.6 Å². The molecule has 1 aromatic carbocycles. The summed E-state index contributed by atoms with van der Waals surface area (Å²) in [6, 6.07) is 5.08. The third-order valence-electron chi connectivity index (χ3n) is 2.58. The first-order chi connectivity index (χ1) is 10.7. The molecule has 0 heterocycles. The van der Waals surface area contributed by atoms with Crippen LogP contribution in [0.2, 0.25) is 0 Å². The van der Waals surface area contributed by atoms with Gasteiger partial charge in [-0.25, -0.2) is 0 Å². The minimum Gasteiger partial charge on any atom is -0.406 e. The van der Waals surface area contributed by atoms with E-state index in [1.165, 1.54) is 12.1 Å². The lowest BCUT2D eigenvalue weighted by molar-refractivity contribution is -0.274. The fraction of sp³-hybridized carbons (Fsp3) is 0.429. The summed E-state index contributed by atoms with van der Waals surface area (Å²) >= 11 is 0. The second-order valence-corrected chi connectivity index (χ2v) is 4.91. The van der Waals surface area contributed by atoms with Crippen molar-refractivity contribution in [3.63, 3.8) is 0 Å². The van der Waals surface area contributed by atoms with Crippen molar-refractivity contribution in [1.82, 2.24) is 5.32 Å². The van der Waals surface area contributed by atoms with E-state index in [0.717, 1.165) is 12.1 Å². The summed E-state index contributed by atoms with van der Waals surface area (Å²) in [5.41, 5.74) is 6.10. The molecule has 23 heavy (non-hydrogen) atoms. The molecule has 0 saturated carbocycles. The number of hydrogen-bond acceptors (Lipinski definition) is 3. The highest BCUT2D eigenvalue weighted by Gasteiger charge is 2.30. The molecule has 0 saturated heterocycles. The number of rotatable bonds is 6. The van der Waals surface area contributed by atoms with Crippen LogP contribution in [0.5, 0.6) is 5.75 Å². The molecular weight excluding hydrogens is 313 g/mol. The van der Waals surface area contributed by atoms with Crippen molar-refractivity contribution in [1.29, 1.82) is 0 Å². The molecule has 1 rings (SSSR count). The summed E-state index contributed by atoms with van der Waals surface area (Å²) in [6.07, 6.45) is -4.73. The first kappa shape index (κ1) is 18.6. The van der Waals surface area contributed by atoms with Crippen LogP contribution in [0.3, 0.4) is 0 Å². The van der Waals surface area contributed by atoms with Gasteiger partial charge in [0, 0.05) is 18.2 Å². The second kappa shape index (κ2) is 8.25. The SMILES string of the molecule is CC(C)C(=O)NCCN=C(N)Nc1ccc(OC(F)(F)F)cc1. The smallest absolute Gasteiger partial charge is 0.406 e. The van der Waals surface area contributed by atoms with Crippen LogP contribution in [0.1, 0.15) is 13.8 Å². The number of guanidine groups is 1. The Hall–Kier alpha value is -2.45. The van der Waals surface area contributed by atoms with Gasteiger partial charge >= 0.3 is 6.36 Å². The van der Waals surface area contributed by atoms with Gasteiger partial charge in [0.25, 0.3) is 0 Å². The molecule has 0 radical (unpaired) electrons. The number of amides is 1. The van der Waals surface area contributed by atoms with Crippen molar-refractivity contribution < 1.29 is 22.7 Å². The van der Waals surface area contributed by atoms with E-state index in [4.69, 9.17) is 5.73 Å². The fourth-order valence-electron chi connectivity index (χ4n) is 1.49. The van der Waals surface area contributed by atoms with Crippen LogP contribution >= 0.6 is 0 Å². The molecule has 0 aromatic heterocycles. The summed E-state index contributed by atoms with van der Waals surface area (Å²) < 4.78 is 39.8. The fourth-order valence-corrected chi connectivity index (χ4v) is 1.49. The van der Waals surface area contributed by atoms with Gasteiger partial charge in [0.05, 0.1) is 6.54 Å². The third kappa shape index (κ3) is 7.93. The van der Waals surface area contributed by atoms with Crippen LogP contribution in [-0.2, 0) is 4.79 Å². The lowest BCUT2D eigenvalue weighted by atomic mass is 10.2. The predicted molar refractivity (Wildman–Crippen MR) is 81.1 cm³/mol. The number of aliphatic imine (C=N–C) groups is 1. The number of ether oxygens (including phenoxy) is 1. The minimum atomic E-state index is -4.73. The lowest BCUT2D eigenvalue weighted by Gasteiger charge is -2.10. The highest BCUT2D eigenvalue weighted by atomic mass is 19.4. The highest BCUT2D eigenvalue weighted by Crippen LogP contribution is 2.23. The van der Waals surface area contributed by atoms with E-state index in [0.29, 0.717) is 12.2 Å². The van der Waals surface area contributed by atoms with Crippen molar-refractivity contribution in [3.8, 4) is 5.75 Å². The van der Waals surface area contributed by atoms with Gasteiger partial charge in [-0.05, 0) is 24.3 Å². The number of nitrogens with one attached hydrogen (secondary N) is 2. The zero-order valence-electron chi connectivity index (χ0n) is 12.8. The van der Waals surface area contributed by atoms with E-state index in [9.17, 15) is 18.0 Å². The van der Waals surface area contributed by atoms with Gasteiger partial charge < -0.3 is 21.1 Å². The number of anilines is 1. The quantitative estimate of drug-likeness (QED) is 0.423. The van der Waals surface area contributed by atoms with Crippen LogP contribution in [-0.4, -0.2) is 31.3 Å². The monoisotopic (exact) mass is 332 g/mol. The molecule has 9 heteroatoms. The van der Waals surface area contributed by atoms with E-state index in [2.05, 4.69) is 20.4 Å². The largest absolute Gasteiger partial charge is 0.573 e. The van der Waals surface area contributed by atoms with Crippen LogP contribution in [0.4, 0.5) is 18.9 Å². The lowest BCUT2D eigenvalue weighted by Crippen LogP contribution is -2.31. The van der Waals surface area contributed by atoms with Crippen LogP contribution in [0.25, 0.3) is 0 Å². The number of carbonyl (C=O) groups excluding carboxylic acids is 1. The van der Waals surface area contributed by atoms with Crippen molar-refractivity contribution >= 4 is 17.6 Å². The van der Waals surface area contributed by atoms with Crippen molar-refractivity contribution in [2.75, 3.05) is 18.4 Å². The first-order valence-electron chi connectivity index (χ1n) is 6.88. The van der Waals surface area contributed by atoms with Crippen molar-refractivity contribution in [2.45, 2.75) is 20.2 Å².